The fraction of sp³-hybridized carbons (Fsp3) is 0.350. The second kappa shape index (κ2) is 8.28. The molecule has 1 fully saturated rings. The van der Waals surface area contributed by atoms with Gasteiger partial charge in [0.05, 0.1) is 15.5 Å². The predicted octanol–water partition coefficient (Wildman–Crippen LogP) is 2.76. The number of hydrogen-bond acceptors (Lipinski definition) is 5. The summed E-state index contributed by atoms with van der Waals surface area (Å²) in [6, 6.07) is 9.64. The molecule has 0 saturated carbocycles. The minimum absolute atomic E-state index is 0.00112. The van der Waals surface area contributed by atoms with E-state index in [4.69, 9.17) is 0 Å². The highest BCUT2D eigenvalue weighted by molar-refractivity contribution is 7.91. The number of benzene rings is 2. The van der Waals surface area contributed by atoms with Crippen LogP contribution in [0.1, 0.15) is 13.3 Å². The molecular weight excluding hydrogens is 381 g/mol. The van der Waals surface area contributed by atoms with E-state index < -0.39 is 15.7 Å². The number of rotatable bonds is 5. The molecule has 0 radical (unpaired) electrons. The van der Waals surface area contributed by atoms with Gasteiger partial charge in [0.1, 0.15) is 5.82 Å². The summed E-state index contributed by atoms with van der Waals surface area (Å²) >= 11 is 0. The Hall–Kier alpha value is -2.45. The third kappa shape index (κ3) is 4.34. The number of nitrogens with zero attached hydrogens (tertiary/aromatic N) is 2. The molecule has 0 aliphatic carbocycles. The number of sulfone groups is 1. The van der Waals surface area contributed by atoms with Crippen molar-refractivity contribution in [2.75, 3.05) is 43.4 Å². The first-order chi connectivity index (χ1) is 13.3. The monoisotopic (exact) mass is 405 g/mol. The maximum absolute atomic E-state index is 13.2. The van der Waals surface area contributed by atoms with E-state index in [0.29, 0.717) is 0 Å². The largest absolute Gasteiger partial charge is 0.369 e. The van der Waals surface area contributed by atoms with Gasteiger partial charge in [-0.25, -0.2) is 12.8 Å². The summed E-state index contributed by atoms with van der Waals surface area (Å²) in [5.41, 5.74) is 1.10. The van der Waals surface area contributed by atoms with Crippen molar-refractivity contribution in [3.8, 4) is 0 Å². The Labute approximate surface area is 164 Å². The highest BCUT2D eigenvalue weighted by atomic mass is 32.2. The third-order valence-electron chi connectivity index (χ3n) is 4.84. The van der Waals surface area contributed by atoms with Crippen LogP contribution in [-0.4, -0.2) is 52.5 Å². The van der Waals surface area contributed by atoms with Gasteiger partial charge in [0.25, 0.3) is 0 Å². The van der Waals surface area contributed by atoms with Crippen molar-refractivity contribution < 1.29 is 17.6 Å². The lowest BCUT2D eigenvalue weighted by atomic mass is 10.2. The van der Waals surface area contributed by atoms with Crippen LogP contribution in [0.2, 0.25) is 0 Å². The standard InChI is InChI=1S/C20H24FN3O3S/c1-3-20(25)22-18-14-16(24-12-10-23(2)11-13-24)6-9-19(18)28(26,27)17-7-4-15(21)5-8-17/h4-9,14H,3,10-13H2,1-2H3,(H,22,25). The SMILES string of the molecule is CCC(=O)Nc1cc(N2CCN(C)CC2)ccc1S(=O)(=O)c1ccc(F)cc1. The number of amides is 1. The Morgan fingerprint density at radius 2 is 1.71 bits per heavy atom. The number of nitrogens with one attached hydrogen (secondary N) is 1. The first kappa shape index (κ1) is 20.3. The van der Waals surface area contributed by atoms with Crippen molar-refractivity contribution in [2.24, 2.45) is 0 Å². The zero-order valence-corrected chi connectivity index (χ0v) is 16.8. The summed E-state index contributed by atoms with van der Waals surface area (Å²) in [6.07, 6.45) is 0.231. The van der Waals surface area contributed by atoms with Crippen LogP contribution in [0.3, 0.4) is 0 Å². The molecule has 6 nitrogen and oxygen atoms in total. The Bertz CT molecular complexity index is 953. The molecule has 0 aromatic heterocycles. The predicted molar refractivity (Wildman–Crippen MR) is 107 cm³/mol. The topological polar surface area (TPSA) is 69.7 Å². The molecule has 0 unspecified atom stereocenters. The lowest BCUT2D eigenvalue weighted by molar-refractivity contribution is -0.115. The summed E-state index contributed by atoms with van der Waals surface area (Å²) in [7, 11) is -1.85. The van der Waals surface area contributed by atoms with E-state index in [2.05, 4.69) is 22.2 Å². The zero-order chi connectivity index (χ0) is 20.3. The van der Waals surface area contributed by atoms with Gasteiger partial charge in [0, 0.05) is 38.3 Å². The number of anilines is 2. The summed E-state index contributed by atoms with van der Waals surface area (Å²) in [4.78, 5) is 16.4. The second-order valence-electron chi connectivity index (χ2n) is 6.83. The van der Waals surface area contributed by atoms with Crippen LogP contribution in [0.25, 0.3) is 0 Å². The molecule has 0 bridgehead atoms. The van der Waals surface area contributed by atoms with Gasteiger partial charge in [-0.3, -0.25) is 4.79 Å². The van der Waals surface area contributed by atoms with Gasteiger partial charge in [-0.2, -0.15) is 0 Å². The van der Waals surface area contributed by atoms with E-state index in [1.807, 2.05) is 0 Å². The number of likely N-dealkylation sites (N-methyl/N-ethyl adjacent to an activating group) is 1. The summed E-state index contributed by atoms with van der Waals surface area (Å²) < 4.78 is 39.3. The van der Waals surface area contributed by atoms with Gasteiger partial charge in [0.2, 0.25) is 15.7 Å². The Morgan fingerprint density at radius 1 is 1.07 bits per heavy atom. The summed E-state index contributed by atoms with van der Waals surface area (Å²) in [5, 5.41) is 2.71. The molecular formula is C20H24FN3O3S. The molecule has 0 spiro atoms. The van der Waals surface area contributed by atoms with E-state index in [0.717, 1.165) is 44.0 Å². The fourth-order valence-electron chi connectivity index (χ4n) is 3.09. The van der Waals surface area contributed by atoms with E-state index in [-0.39, 0.29) is 27.8 Å². The Morgan fingerprint density at radius 3 is 2.32 bits per heavy atom. The molecule has 2 aromatic carbocycles. The molecule has 3 rings (SSSR count). The maximum atomic E-state index is 13.2. The molecule has 8 heteroatoms. The van der Waals surface area contributed by atoms with Crippen molar-refractivity contribution in [1.82, 2.24) is 4.90 Å². The van der Waals surface area contributed by atoms with Crippen LogP contribution in [-0.2, 0) is 14.6 Å². The average molecular weight is 405 g/mol. The number of carbonyl (C=O) groups excluding carboxylic acids is 1. The highest BCUT2D eigenvalue weighted by Crippen LogP contribution is 2.32. The fourth-order valence-corrected chi connectivity index (χ4v) is 4.49. The molecule has 1 heterocycles. The molecule has 1 N–H and O–H groups in total. The molecule has 1 saturated heterocycles. The highest BCUT2D eigenvalue weighted by Gasteiger charge is 2.24. The zero-order valence-electron chi connectivity index (χ0n) is 16.0. The molecule has 1 amide bonds. The summed E-state index contributed by atoms with van der Waals surface area (Å²) in [5.74, 6) is -0.782. The first-order valence-electron chi connectivity index (χ1n) is 9.19. The number of halogens is 1. The Kier molecular flexibility index (Phi) is 6.00. The minimum atomic E-state index is -3.90. The van der Waals surface area contributed by atoms with Gasteiger partial charge in [-0.05, 0) is 49.5 Å². The lowest BCUT2D eigenvalue weighted by Crippen LogP contribution is -2.44. The number of hydrogen-bond donors (Lipinski definition) is 1. The van der Waals surface area contributed by atoms with Crippen molar-refractivity contribution in [3.63, 3.8) is 0 Å². The normalized spacial score (nSPS) is 15.5. The minimum Gasteiger partial charge on any atom is -0.369 e. The molecule has 1 aliphatic heterocycles. The van der Waals surface area contributed by atoms with Gasteiger partial charge >= 0.3 is 0 Å². The first-order valence-corrected chi connectivity index (χ1v) is 10.7. The third-order valence-corrected chi connectivity index (χ3v) is 6.67. The quantitative estimate of drug-likeness (QED) is 0.775. The van der Waals surface area contributed by atoms with Crippen LogP contribution in [0, 0.1) is 5.82 Å². The van der Waals surface area contributed by atoms with Crippen molar-refractivity contribution in [3.05, 3.63) is 48.3 Å². The van der Waals surface area contributed by atoms with E-state index in [1.54, 1.807) is 19.1 Å². The van der Waals surface area contributed by atoms with Crippen molar-refractivity contribution in [1.29, 1.82) is 0 Å². The lowest BCUT2D eigenvalue weighted by Gasteiger charge is -2.34. The van der Waals surface area contributed by atoms with Crippen LogP contribution in [0.15, 0.2) is 52.3 Å². The molecule has 2 aromatic rings. The Balaban J connectivity index is 2.02. The molecule has 0 atom stereocenters. The van der Waals surface area contributed by atoms with Gasteiger partial charge in [-0.1, -0.05) is 6.92 Å². The molecule has 150 valence electrons. The second-order valence-corrected chi connectivity index (χ2v) is 8.75. The van der Waals surface area contributed by atoms with Crippen LogP contribution < -0.4 is 10.2 Å². The van der Waals surface area contributed by atoms with Crippen LogP contribution in [0.5, 0.6) is 0 Å². The van der Waals surface area contributed by atoms with Crippen molar-refractivity contribution >= 4 is 27.1 Å². The van der Waals surface area contributed by atoms with E-state index in [9.17, 15) is 17.6 Å². The smallest absolute Gasteiger partial charge is 0.224 e. The van der Waals surface area contributed by atoms with Crippen LogP contribution >= 0.6 is 0 Å². The van der Waals surface area contributed by atoms with Gasteiger partial charge in [0.15, 0.2) is 0 Å². The van der Waals surface area contributed by atoms with E-state index >= 15 is 0 Å². The van der Waals surface area contributed by atoms with Crippen LogP contribution in [0.4, 0.5) is 15.8 Å². The summed E-state index contributed by atoms with van der Waals surface area (Å²) in [6.45, 7) is 5.16. The van der Waals surface area contributed by atoms with E-state index in [1.165, 1.54) is 18.2 Å². The van der Waals surface area contributed by atoms with Crippen molar-refractivity contribution in [2.45, 2.75) is 23.1 Å². The average Bonchev–Trinajstić information content (AvgIpc) is 2.68. The van der Waals surface area contributed by atoms with Gasteiger partial charge in [-0.15, -0.1) is 0 Å². The molecule has 28 heavy (non-hydrogen) atoms. The molecule has 1 aliphatic rings. The maximum Gasteiger partial charge on any atom is 0.224 e. The van der Waals surface area contributed by atoms with Gasteiger partial charge < -0.3 is 15.1 Å². The number of piperazine rings is 1. The number of carbonyl (C=O) groups is 1.